The molecule has 3 aliphatic heterocycles. The van der Waals surface area contributed by atoms with Gasteiger partial charge < -0.3 is 25.6 Å². The number of hydrogen-bond donors (Lipinski definition) is 4. The monoisotopic (exact) mass is 781 g/mol. The van der Waals surface area contributed by atoms with Crippen LogP contribution in [0.3, 0.4) is 0 Å². The number of rotatable bonds is 11. The van der Waals surface area contributed by atoms with Gasteiger partial charge >= 0.3 is 0 Å². The first-order valence-corrected chi connectivity index (χ1v) is 19.1. The Bertz CT molecular complexity index is 2110. The molecule has 4 aliphatic rings. The molecule has 5 amide bonds. The third-order valence-corrected chi connectivity index (χ3v) is 11.8. The number of piperidine rings is 2. The molecule has 0 bridgehead atoms. The summed E-state index contributed by atoms with van der Waals surface area (Å²) < 4.78 is 6.32. The topological polar surface area (TPSA) is 199 Å². The Labute approximate surface area is 329 Å². The van der Waals surface area contributed by atoms with Crippen molar-refractivity contribution in [1.29, 1.82) is 5.26 Å². The van der Waals surface area contributed by atoms with E-state index < -0.39 is 40.5 Å². The van der Waals surface area contributed by atoms with Crippen LogP contribution in [0.25, 0.3) is 0 Å². The number of benzene rings is 2. The summed E-state index contributed by atoms with van der Waals surface area (Å²) in [7, 11) is 0. The number of carbonyl (C=O) groups excluding carboxylic acids is 5. The predicted octanol–water partition coefficient (Wildman–Crippen LogP) is 3.69. The molecule has 2 saturated heterocycles. The maximum absolute atomic E-state index is 13.3. The van der Waals surface area contributed by atoms with E-state index in [-0.39, 0.29) is 53.8 Å². The van der Waals surface area contributed by atoms with Gasteiger partial charge in [-0.2, -0.15) is 5.26 Å². The van der Waals surface area contributed by atoms with Crippen molar-refractivity contribution in [3.63, 3.8) is 0 Å². The fraction of sp³-hybridized carbons (Fsp3) is 0.450. The van der Waals surface area contributed by atoms with E-state index in [9.17, 15) is 29.2 Å². The van der Waals surface area contributed by atoms with Crippen molar-refractivity contribution < 1.29 is 28.7 Å². The van der Waals surface area contributed by atoms with Gasteiger partial charge in [0.25, 0.3) is 17.7 Å². The number of anilines is 2. The molecule has 3 fully saturated rings. The molecule has 16 heteroatoms. The van der Waals surface area contributed by atoms with Crippen molar-refractivity contribution in [2.45, 2.75) is 77.6 Å². The highest BCUT2D eigenvalue weighted by Crippen LogP contribution is 2.55. The zero-order valence-electron chi connectivity index (χ0n) is 31.6. The third kappa shape index (κ3) is 7.26. The van der Waals surface area contributed by atoms with Crippen molar-refractivity contribution in [3.05, 3.63) is 76.2 Å². The number of carbonyl (C=O) groups is 5. The maximum atomic E-state index is 13.3. The number of ether oxygens (including phenoxy) is 1. The molecular weight excluding hydrogens is 738 g/mol. The van der Waals surface area contributed by atoms with Crippen LogP contribution in [-0.2, 0) is 9.59 Å². The van der Waals surface area contributed by atoms with E-state index in [1.807, 2.05) is 39.8 Å². The summed E-state index contributed by atoms with van der Waals surface area (Å²) in [6.07, 6.45) is 4.73. The Kier molecular flexibility index (Phi) is 10.5. The largest absolute Gasteiger partial charge is 0.489 e. The number of hydrogen-bond acceptors (Lipinski definition) is 12. The summed E-state index contributed by atoms with van der Waals surface area (Å²) in [6, 6.07) is 11.3. The van der Waals surface area contributed by atoms with E-state index in [2.05, 4.69) is 36.1 Å². The highest BCUT2D eigenvalue weighted by Gasteiger charge is 2.64. The Morgan fingerprint density at radius 1 is 0.964 bits per heavy atom. The molecule has 1 aliphatic carbocycles. The van der Waals surface area contributed by atoms with Crippen LogP contribution in [0.1, 0.15) is 90.1 Å². The lowest BCUT2D eigenvalue weighted by molar-refractivity contribution is -0.164. The Morgan fingerprint density at radius 3 is 2.36 bits per heavy atom. The highest BCUT2D eigenvalue weighted by atomic mass is 35.5. The van der Waals surface area contributed by atoms with Gasteiger partial charge in [-0.25, -0.2) is 9.97 Å². The van der Waals surface area contributed by atoms with Crippen molar-refractivity contribution >= 4 is 52.6 Å². The van der Waals surface area contributed by atoms with Crippen LogP contribution in [0.4, 0.5) is 11.5 Å². The summed E-state index contributed by atoms with van der Waals surface area (Å²) in [5, 5.41) is 21.7. The summed E-state index contributed by atoms with van der Waals surface area (Å²) in [5.74, 6) is -1.26. The number of nitriles is 1. The van der Waals surface area contributed by atoms with Crippen LogP contribution >= 0.6 is 11.6 Å². The molecule has 7 rings (SSSR count). The Hall–Kier alpha value is -5.59. The van der Waals surface area contributed by atoms with E-state index in [0.717, 1.165) is 36.5 Å². The van der Waals surface area contributed by atoms with E-state index in [4.69, 9.17) is 16.3 Å². The van der Waals surface area contributed by atoms with Gasteiger partial charge in [-0.15, -0.1) is 0 Å². The van der Waals surface area contributed by atoms with Gasteiger partial charge in [-0.3, -0.25) is 34.2 Å². The third-order valence-electron chi connectivity index (χ3n) is 11.5. The minimum Gasteiger partial charge on any atom is -0.489 e. The average molecular weight is 782 g/mol. The molecule has 15 nitrogen and oxygen atoms in total. The minimum absolute atomic E-state index is 0.0771. The smallest absolute Gasteiger partial charge is 0.271 e. The molecule has 1 unspecified atom stereocenters. The normalized spacial score (nSPS) is 22.8. The number of halogens is 1. The van der Waals surface area contributed by atoms with Crippen LogP contribution in [0, 0.1) is 22.2 Å². The SMILES string of the molecule is CC1(C)[C@H](NC(=O)c2cnc(NCCNC3CCN(c4ccc5c(c4)C(=O)N(C4CCC(=O)NC4=O)C5=O)CC3)cn2)C(C)(C)[C@H]1Oc1ccc(C#N)c(Cl)c1. The first-order valence-electron chi connectivity index (χ1n) is 18.8. The van der Waals surface area contributed by atoms with Gasteiger partial charge in [0.05, 0.1) is 34.1 Å². The van der Waals surface area contributed by atoms with Crippen LogP contribution in [0.15, 0.2) is 48.8 Å². The molecule has 0 radical (unpaired) electrons. The van der Waals surface area contributed by atoms with Gasteiger partial charge in [0.2, 0.25) is 11.8 Å². The molecule has 1 atom stereocenters. The first kappa shape index (κ1) is 38.7. The highest BCUT2D eigenvalue weighted by molar-refractivity contribution is 6.31. The van der Waals surface area contributed by atoms with E-state index in [0.29, 0.717) is 35.2 Å². The lowest BCUT2D eigenvalue weighted by Crippen LogP contribution is -2.74. The molecule has 4 N–H and O–H groups in total. The van der Waals surface area contributed by atoms with E-state index in [1.165, 1.54) is 6.20 Å². The molecule has 3 aromatic rings. The number of nitrogens with one attached hydrogen (secondary N) is 4. The van der Waals surface area contributed by atoms with E-state index >= 15 is 0 Å². The van der Waals surface area contributed by atoms with Crippen LogP contribution < -0.4 is 30.9 Å². The lowest BCUT2D eigenvalue weighted by Gasteiger charge is -2.63. The second-order valence-corrected chi connectivity index (χ2v) is 16.3. The molecule has 0 spiro atoms. The first-order chi connectivity index (χ1) is 26.7. The second-order valence-electron chi connectivity index (χ2n) is 15.9. The van der Waals surface area contributed by atoms with Crippen LogP contribution in [0.5, 0.6) is 5.75 Å². The quantitative estimate of drug-likeness (QED) is 0.163. The van der Waals surface area contributed by atoms with Crippen molar-refractivity contribution in [2.75, 3.05) is 36.4 Å². The zero-order valence-corrected chi connectivity index (χ0v) is 32.4. The lowest BCUT2D eigenvalue weighted by atomic mass is 9.49. The second kappa shape index (κ2) is 15.2. The standard InChI is InChI=1S/C40H44ClN9O6/c1-39(2)37(40(3,4)38(39)56-25-7-5-22(19-42)28(41)18-25)48-33(52)29-20-46-31(21-45-29)44-14-13-43-23-11-15-49(16-12-23)24-6-8-26-27(17-24)36(55)50(35(26)54)30-9-10-32(51)47-34(30)53/h5-8,17-18,20-21,23,30,37-38,43H,9-16H2,1-4H3,(H,44,46)(H,48,52)(H,47,51,53)/t30?,37-,38-. The average Bonchev–Trinajstić information content (AvgIpc) is 3.42. The number of imide groups is 2. The molecular formula is C40H44ClN9O6. The molecule has 292 valence electrons. The molecule has 2 aromatic carbocycles. The number of aromatic nitrogens is 2. The van der Waals surface area contributed by atoms with Gasteiger partial charge in [-0.05, 0) is 49.6 Å². The van der Waals surface area contributed by atoms with Crippen molar-refractivity contribution in [1.82, 2.24) is 30.8 Å². The number of amides is 5. The predicted molar refractivity (Wildman–Crippen MR) is 206 cm³/mol. The fourth-order valence-electron chi connectivity index (χ4n) is 8.80. The van der Waals surface area contributed by atoms with Gasteiger partial charge in [0, 0.05) is 67.3 Å². The summed E-state index contributed by atoms with van der Waals surface area (Å²) in [4.78, 5) is 75.5. The zero-order chi connectivity index (χ0) is 39.9. The Morgan fingerprint density at radius 2 is 1.70 bits per heavy atom. The minimum atomic E-state index is -0.990. The van der Waals surface area contributed by atoms with Crippen molar-refractivity contribution in [3.8, 4) is 11.8 Å². The molecule has 4 heterocycles. The van der Waals surface area contributed by atoms with Gasteiger partial charge in [0.15, 0.2) is 0 Å². The van der Waals surface area contributed by atoms with Crippen LogP contribution in [0.2, 0.25) is 5.02 Å². The van der Waals surface area contributed by atoms with E-state index in [1.54, 1.807) is 36.5 Å². The summed E-state index contributed by atoms with van der Waals surface area (Å²) >= 11 is 6.22. The molecule has 1 saturated carbocycles. The Balaban J connectivity index is 0.841. The van der Waals surface area contributed by atoms with Gasteiger partial charge in [0.1, 0.15) is 35.5 Å². The summed E-state index contributed by atoms with van der Waals surface area (Å²) in [5.41, 5.74) is 1.15. The maximum Gasteiger partial charge on any atom is 0.271 e. The fourth-order valence-corrected chi connectivity index (χ4v) is 9.01. The van der Waals surface area contributed by atoms with Crippen molar-refractivity contribution in [2.24, 2.45) is 10.8 Å². The number of nitrogens with zero attached hydrogens (tertiary/aromatic N) is 5. The van der Waals surface area contributed by atoms with Crippen LogP contribution in [-0.4, -0.2) is 94.8 Å². The van der Waals surface area contributed by atoms with Gasteiger partial charge in [-0.1, -0.05) is 39.3 Å². The summed E-state index contributed by atoms with van der Waals surface area (Å²) in [6.45, 7) is 11.0. The number of fused-ring (bicyclic) bond motifs is 1. The molecule has 1 aromatic heterocycles. The molecule has 56 heavy (non-hydrogen) atoms.